The number of Topliss-reactive ketones (excluding diaryl/α,β-unsaturated/α-hetero) is 1. The van der Waals surface area contributed by atoms with Crippen LogP contribution in [-0.2, 0) is 28.8 Å². The van der Waals surface area contributed by atoms with Gasteiger partial charge in [0.15, 0.2) is 0 Å². The van der Waals surface area contributed by atoms with E-state index < -0.39 is 71.0 Å². The topological polar surface area (TPSA) is 200 Å². The van der Waals surface area contributed by atoms with Gasteiger partial charge in [0.1, 0.15) is 29.9 Å². The number of hydrogen-bond acceptors (Lipinski definition) is 10. The zero-order valence-corrected chi connectivity index (χ0v) is 32.2. The van der Waals surface area contributed by atoms with Crippen molar-refractivity contribution in [2.24, 2.45) is 16.3 Å². The summed E-state index contributed by atoms with van der Waals surface area (Å²) in [5, 5.41) is 14.7. The summed E-state index contributed by atoms with van der Waals surface area (Å²) in [4.78, 5) is 92.3. The highest BCUT2D eigenvalue weighted by molar-refractivity contribution is 6.40. The second kappa shape index (κ2) is 18.2. The van der Waals surface area contributed by atoms with Crippen LogP contribution in [0.15, 0.2) is 35.7 Å². The quantitative estimate of drug-likeness (QED) is 0.166. The number of rotatable bonds is 15. The van der Waals surface area contributed by atoms with Crippen LogP contribution in [0.4, 0.5) is 0 Å². The van der Waals surface area contributed by atoms with E-state index in [2.05, 4.69) is 36.6 Å². The third kappa shape index (κ3) is 10.6. The number of aliphatic imine (C=N–C) groups is 1. The molecular weight excluding hydrogens is 716 g/mol. The molecule has 5 atom stereocenters. The van der Waals surface area contributed by atoms with E-state index in [1.165, 1.54) is 17.3 Å². The van der Waals surface area contributed by atoms with Crippen LogP contribution < -0.4 is 31.3 Å². The molecule has 5 N–H and O–H groups in total. The highest BCUT2D eigenvalue weighted by atomic mass is 35.5. The van der Waals surface area contributed by atoms with Gasteiger partial charge in [-0.1, -0.05) is 65.0 Å². The summed E-state index contributed by atoms with van der Waals surface area (Å²) >= 11 is 6.04. The lowest BCUT2D eigenvalue weighted by molar-refractivity contribution is -0.147. The van der Waals surface area contributed by atoms with Crippen molar-refractivity contribution >= 4 is 52.6 Å². The third-order valence-corrected chi connectivity index (χ3v) is 10.5. The third-order valence-electron chi connectivity index (χ3n) is 10.3. The number of amides is 5. The van der Waals surface area contributed by atoms with E-state index in [0.717, 1.165) is 44.9 Å². The van der Waals surface area contributed by atoms with Crippen LogP contribution in [0.25, 0.3) is 0 Å². The molecule has 5 amide bonds. The van der Waals surface area contributed by atoms with E-state index >= 15 is 0 Å². The molecule has 0 bridgehead atoms. The molecule has 2 aliphatic carbocycles. The number of ether oxygens (including phenoxy) is 1. The van der Waals surface area contributed by atoms with Gasteiger partial charge in [0, 0.05) is 43.7 Å². The number of nitrogens with zero attached hydrogens (tertiary/aromatic N) is 3. The second-order valence-electron chi connectivity index (χ2n) is 15.6. The van der Waals surface area contributed by atoms with E-state index in [1.54, 1.807) is 18.3 Å². The molecule has 54 heavy (non-hydrogen) atoms. The fourth-order valence-corrected chi connectivity index (χ4v) is 7.26. The molecule has 0 spiro atoms. The maximum absolute atomic E-state index is 14.7. The molecule has 1 aromatic rings. The lowest BCUT2D eigenvalue weighted by Gasteiger charge is -2.38. The van der Waals surface area contributed by atoms with E-state index in [1.807, 2.05) is 27.7 Å². The van der Waals surface area contributed by atoms with E-state index in [4.69, 9.17) is 16.3 Å². The number of ketones is 1. The average Bonchev–Trinajstić information content (AvgIpc) is 3.88. The number of pyridine rings is 1. The zero-order chi connectivity index (χ0) is 39.0. The van der Waals surface area contributed by atoms with Gasteiger partial charge >= 0.3 is 0 Å². The lowest BCUT2D eigenvalue weighted by atomic mass is 9.82. The summed E-state index contributed by atoms with van der Waals surface area (Å²) in [7, 11) is 0. The molecule has 0 radical (unpaired) electrons. The minimum atomic E-state index is -1.24. The van der Waals surface area contributed by atoms with Crippen molar-refractivity contribution in [1.82, 2.24) is 36.5 Å². The normalized spacial score (nSPS) is 21.8. The summed E-state index contributed by atoms with van der Waals surface area (Å²) in [6, 6.07) is -1.30. The summed E-state index contributed by atoms with van der Waals surface area (Å²) in [6.07, 6.45) is 10.5. The van der Waals surface area contributed by atoms with Crippen molar-refractivity contribution in [3.8, 4) is 5.88 Å². The van der Waals surface area contributed by atoms with Crippen molar-refractivity contribution in [3.05, 3.63) is 35.8 Å². The van der Waals surface area contributed by atoms with E-state index in [9.17, 15) is 28.8 Å². The molecular formula is C38H53ClN8O7. The Bertz CT molecular complexity index is 1620. The summed E-state index contributed by atoms with van der Waals surface area (Å²) in [5.41, 5.74) is -0.596. The second-order valence-corrected chi connectivity index (χ2v) is 16.1. The Labute approximate surface area is 321 Å². The highest BCUT2D eigenvalue weighted by Gasteiger charge is 2.49. The lowest BCUT2D eigenvalue weighted by Crippen LogP contribution is -2.63. The highest BCUT2D eigenvalue weighted by Crippen LogP contribution is 2.31. The first-order chi connectivity index (χ1) is 25.8. The predicted molar refractivity (Wildman–Crippen MR) is 201 cm³/mol. The smallest absolute Gasteiger partial charge is 0.289 e. The first-order valence-electron chi connectivity index (χ1n) is 19.1. The van der Waals surface area contributed by atoms with E-state index in [-0.39, 0.29) is 49.5 Å². The molecule has 3 heterocycles. The molecule has 3 fully saturated rings. The number of aromatic nitrogens is 1. The average molecular weight is 769 g/mol. The molecule has 0 aromatic carbocycles. The molecule has 2 saturated carbocycles. The molecule has 1 aromatic heterocycles. The molecule has 15 nitrogen and oxygen atoms in total. The van der Waals surface area contributed by atoms with Crippen molar-refractivity contribution in [3.63, 3.8) is 0 Å². The van der Waals surface area contributed by atoms with Gasteiger partial charge < -0.3 is 36.2 Å². The molecule has 1 unspecified atom stereocenters. The number of halogens is 1. The number of nitrogens with one attached hydrogen (secondary N) is 5. The maximum Gasteiger partial charge on any atom is 0.289 e. The molecule has 5 rings (SSSR count). The fraction of sp³-hybridized carbons (Fsp3) is 0.632. The van der Waals surface area contributed by atoms with Gasteiger partial charge in [-0.3, -0.25) is 33.8 Å². The van der Waals surface area contributed by atoms with Crippen molar-refractivity contribution in [2.75, 3.05) is 13.1 Å². The van der Waals surface area contributed by atoms with Crippen LogP contribution >= 0.6 is 11.6 Å². The van der Waals surface area contributed by atoms with Crippen LogP contribution in [0.1, 0.15) is 91.9 Å². The van der Waals surface area contributed by atoms with Gasteiger partial charge in [-0.05, 0) is 49.5 Å². The minimum absolute atomic E-state index is 0.0437. The van der Waals surface area contributed by atoms with Crippen LogP contribution in [0.2, 0.25) is 5.02 Å². The number of hydrogen-bond donors (Lipinski definition) is 5. The van der Waals surface area contributed by atoms with Gasteiger partial charge in [-0.2, -0.15) is 0 Å². The predicted octanol–water partition coefficient (Wildman–Crippen LogP) is 2.33. The van der Waals surface area contributed by atoms with Gasteiger partial charge in [0.05, 0.1) is 17.6 Å². The Morgan fingerprint density at radius 3 is 2.35 bits per heavy atom. The van der Waals surface area contributed by atoms with Gasteiger partial charge in [-0.15, -0.1) is 0 Å². The van der Waals surface area contributed by atoms with Crippen LogP contribution in [0.3, 0.4) is 0 Å². The fourth-order valence-electron chi connectivity index (χ4n) is 7.15. The first kappa shape index (κ1) is 40.7. The van der Waals surface area contributed by atoms with Crippen LogP contribution in [0.5, 0.6) is 5.88 Å². The molecule has 294 valence electrons. The zero-order valence-electron chi connectivity index (χ0n) is 31.5. The van der Waals surface area contributed by atoms with Gasteiger partial charge in [-0.25, -0.2) is 4.98 Å². The Balaban J connectivity index is 1.40. The Morgan fingerprint density at radius 1 is 1.00 bits per heavy atom. The van der Waals surface area contributed by atoms with Gasteiger partial charge in [0.25, 0.3) is 11.8 Å². The summed E-state index contributed by atoms with van der Waals surface area (Å²) < 4.78 is 6.18. The summed E-state index contributed by atoms with van der Waals surface area (Å²) in [5.74, 6) is -3.66. The van der Waals surface area contributed by atoms with Crippen molar-refractivity contribution < 1.29 is 33.5 Å². The Kier molecular flexibility index (Phi) is 13.7. The Morgan fingerprint density at radius 2 is 1.74 bits per heavy atom. The SMILES string of the molecule is CCC[C@@H](NC(=O)C1[C@@H](Oc2ccc(Cl)cn2)CCN1C(=O)[C@H](NC(=O)[C@@H](NC(=O)C1=NC=CNC1)C1CCCCC1)C(C)(C)C)C(=O)C(=O)NC1CC1. The number of carbonyl (C=O) groups excluding carboxylic acids is 6. The minimum Gasteiger partial charge on any atom is -0.471 e. The van der Waals surface area contributed by atoms with Crippen molar-refractivity contribution in [1.29, 1.82) is 0 Å². The molecule has 16 heteroatoms. The summed E-state index contributed by atoms with van der Waals surface area (Å²) in [6.45, 7) is 7.58. The molecule has 2 aliphatic heterocycles. The first-order valence-corrected chi connectivity index (χ1v) is 19.4. The largest absolute Gasteiger partial charge is 0.471 e. The van der Waals surface area contributed by atoms with E-state index in [0.29, 0.717) is 11.4 Å². The molecule has 4 aliphatic rings. The monoisotopic (exact) mass is 768 g/mol. The van der Waals surface area contributed by atoms with Crippen LogP contribution in [0, 0.1) is 11.3 Å². The van der Waals surface area contributed by atoms with Gasteiger partial charge in [0.2, 0.25) is 29.4 Å². The standard InChI is InChI=1S/C38H53ClN8O7/c1-5-9-25(31(48)36(52)43-24-13-14-24)44-35(51)30-27(54-28-15-12-23(39)20-42-28)16-19-47(30)37(53)32(38(2,3)4)46-34(50)29(22-10-7-6-8-11-22)45-33(49)26-21-40-17-18-41-26/h12,15,17-18,20,22,24-25,27,29-30,32,40H,5-11,13-14,16,19,21H2,1-4H3,(H,43,52)(H,44,51)(H,45,49)(H,46,50)/t25-,27+,29+,30?,32+/m1/s1. The van der Waals surface area contributed by atoms with Crippen LogP contribution in [-0.4, -0.2) is 100 Å². The number of likely N-dealkylation sites (tertiary alicyclic amines) is 1. The molecule has 1 saturated heterocycles. The Hall–Kier alpha value is -4.53. The van der Waals surface area contributed by atoms with Crippen molar-refractivity contribution in [2.45, 2.75) is 128 Å². The maximum atomic E-state index is 14.7. The number of carbonyl (C=O) groups is 6.